The first-order valence-corrected chi connectivity index (χ1v) is 5.25. The first-order chi connectivity index (χ1) is 8.52. The molecule has 1 amide bonds. The summed E-state index contributed by atoms with van der Waals surface area (Å²) in [5.74, 6) is -1.09. The molecular weight excluding hydrogens is 242 g/mol. The fourth-order valence-corrected chi connectivity index (χ4v) is 1.16. The van der Waals surface area contributed by atoms with E-state index in [9.17, 15) is 19.2 Å². The van der Waals surface area contributed by atoms with Gasteiger partial charge in [-0.2, -0.15) is 0 Å². The first-order valence-electron chi connectivity index (χ1n) is 5.25. The first kappa shape index (κ1) is 13.7. The van der Waals surface area contributed by atoms with Crippen molar-refractivity contribution < 1.29 is 14.3 Å². The fraction of sp³-hybridized carbons (Fsp3) is 0.400. The van der Waals surface area contributed by atoms with Crippen LogP contribution in [0.2, 0.25) is 0 Å². The molecule has 0 spiro atoms. The summed E-state index contributed by atoms with van der Waals surface area (Å²) < 4.78 is 5.63. The zero-order chi connectivity index (χ0) is 13.5. The lowest BCUT2D eigenvalue weighted by Crippen LogP contribution is -2.37. The summed E-state index contributed by atoms with van der Waals surface area (Å²) >= 11 is 0. The maximum absolute atomic E-state index is 11.4. The normalized spacial score (nSPS) is 9.83. The molecule has 0 unspecified atom stereocenters. The van der Waals surface area contributed by atoms with E-state index in [1.807, 2.05) is 4.98 Å². The van der Waals surface area contributed by atoms with Crippen LogP contribution < -0.4 is 16.6 Å². The molecule has 1 heterocycles. The van der Waals surface area contributed by atoms with Crippen LogP contribution >= 0.6 is 0 Å². The number of carbonyl (C=O) groups is 2. The van der Waals surface area contributed by atoms with Crippen LogP contribution in [-0.2, 0) is 20.9 Å². The van der Waals surface area contributed by atoms with E-state index in [0.29, 0.717) is 0 Å². The maximum atomic E-state index is 11.4. The smallest absolute Gasteiger partial charge is 0.328 e. The van der Waals surface area contributed by atoms with Gasteiger partial charge in [-0.15, -0.1) is 0 Å². The molecule has 1 aromatic rings. The van der Waals surface area contributed by atoms with Crippen molar-refractivity contribution in [2.45, 2.75) is 13.5 Å². The molecule has 0 bridgehead atoms. The van der Waals surface area contributed by atoms with Crippen LogP contribution in [0.5, 0.6) is 0 Å². The van der Waals surface area contributed by atoms with E-state index in [4.69, 9.17) is 0 Å². The van der Waals surface area contributed by atoms with Crippen molar-refractivity contribution in [1.29, 1.82) is 0 Å². The van der Waals surface area contributed by atoms with Crippen molar-refractivity contribution in [3.63, 3.8) is 0 Å². The summed E-state index contributed by atoms with van der Waals surface area (Å²) in [6, 6.07) is 1.13. The van der Waals surface area contributed by atoms with Gasteiger partial charge in [0.2, 0.25) is 5.91 Å². The van der Waals surface area contributed by atoms with Gasteiger partial charge in [0.15, 0.2) is 0 Å². The molecule has 0 saturated carbocycles. The van der Waals surface area contributed by atoms with Gasteiger partial charge in [0, 0.05) is 12.3 Å². The van der Waals surface area contributed by atoms with Crippen molar-refractivity contribution in [2.75, 3.05) is 13.2 Å². The SMILES string of the molecule is CCOC(=O)CNC(=O)Cn1ccc(=O)[nH]c1=O. The minimum atomic E-state index is -0.686. The van der Waals surface area contributed by atoms with Gasteiger partial charge in [0.1, 0.15) is 13.1 Å². The molecule has 0 radical (unpaired) electrons. The minimum absolute atomic E-state index is 0.230. The standard InChI is InChI=1S/C10H13N3O5/c1-2-18-9(16)5-11-8(15)6-13-4-3-7(14)12-10(13)17/h3-4H,2,5-6H2,1H3,(H,11,15)(H,12,14,17). The van der Waals surface area contributed by atoms with Crippen LogP contribution in [0.3, 0.4) is 0 Å². The van der Waals surface area contributed by atoms with Crippen LogP contribution in [0.1, 0.15) is 6.92 Å². The van der Waals surface area contributed by atoms with Gasteiger partial charge in [-0.3, -0.25) is 23.9 Å². The Balaban J connectivity index is 2.52. The third kappa shape index (κ3) is 4.24. The summed E-state index contributed by atoms with van der Waals surface area (Å²) in [4.78, 5) is 46.4. The number of amides is 1. The van der Waals surface area contributed by atoms with Gasteiger partial charge in [0.05, 0.1) is 6.61 Å². The molecule has 0 fully saturated rings. The number of esters is 1. The monoisotopic (exact) mass is 255 g/mol. The molecule has 1 aromatic heterocycles. The number of carbonyl (C=O) groups excluding carboxylic acids is 2. The molecule has 0 aromatic carbocycles. The number of H-pyrrole nitrogens is 1. The highest BCUT2D eigenvalue weighted by atomic mass is 16.5. The fourth-order valence-electron chi connectivity index (χ4n) is 1.16. The van der Waals surface area contributed by atoms with Crippen LogP contribution in [0.4, 0.5) is 0 Å². The number of rotatable bonds is 5. The van der Waals surface area contributed by atoms with Crippen LogP contribution in [0.25, 0.3) is 0 Å². The van der Waals surface area contributed by atoms with Crippen molar-refractivity contribution in [1.82, 2.24) is 14.9 Å². The van der Waals surface area contributed by atoms with Gasteiger partial charge >= 0.3 is 11.7 Å². The number of nitrogens with zero attached hydrogens (tertiary/aromatic N) is 1. The second-order valence-corrected chi connectivity index (χ2v) is 3.32. The molecule has 2 N–H and O–H groups in total. The highest BCUT2D eigenvalue weighted by molar-refractivity contribution is 5.81. The molecule has 0 saturated heterocycles. The van der Waals surface area contributed by atoms with Crippen molar-refractivity contribution >= 4 is 11.9 Å². The summed E-state index contributed by atoms with van der Waals surface area (Å²) in [7, 11) is 0. The van der Waals surface area contributed by atoms with E-state index in [0.717, 1.165) is 10.6 Å². The molecular formula is C10H13N3O5. The van der Waals surface area contributed by atoms with Crippen molar-refractivity contribution in [3.8, 4) is 0 Å². The summed E-state index contributed by atoms with van der Waals surface area (Å²) in [5, 5.41) is 2.29. The van der Waals surface area contributed by atoms with Crippen molar-refractivity contribution in [2.24, 2.45) is 0 Å². The Bertz CT molecular complexity index is 545. The number of hydrogen-bond donors (Lipinski definition) is 2. The average Bonchev–Trinajstić information content (AvgIpc) is 2.31. The predicted molar refractivity (Wildman–Crippen MR) is 61.0 cm³/mol. The molecule has 0 aliphatic heterocycles. The van der Waals surface area contributed by atoms with E-state index >= 15 is 0 Å². The lowest BCUT2D eigenvalue weighted by atomic mass is 10.5. The second kappa shape index (κ2) is 6.38. The Morgan fingerprint density at radius 3 is 2.78 bits per heavy atom. The summed E-state index contributed by atoms with van der Waals surface area (Å²) in [5.41, 5.74) is -1.23. The number of aromatic nitrogens is 2. The van der Waals surface area contributed by atoms with Crippen molar-refractivity contribution in [3.05, 3.63) is 33.1 Å². The van der Waals surface area contributed by atoms with E-state index in [2.05, 4.69) is 10.1 Å². The van der Waals surface area contributed by atoms with Gasteiger partial charge in [-0.1, -0.05) is 0 Å². The summed E-state index contributed by atoms with van der Waals surface area (Å²) in [6.07, 6.45) is 1.20. The molecule has 1 rings (SSSR count). The Labute approximate surface area is 102 Å². The minimum Gasteiger partial charge on any atom is -0.465 e. The zero-order valence-corrected chi connectivity index (χ0v) is 9.76. The lowest BCUT2D eigenvalue weighted by molar-refractivity contribution is -0.143. The highest BCUT2D eigenvalue weighted by Gasteiger charge is 2.07. The van der Waals surface area contributed by atoms with Gasteiger partial charge in [-0.05, 0) is 6.92 Å². The average molecular weight is 255 g/mol. The Hall–Kier alpha value is -2.38. The molecule has 8 heteroatoms. The number of hydrogen-bond acceptors (Lipinski definition) is 5. The molecule has 0 aliphatic rings. The highest BCUT2D eigenvalue weighted by Crippen LogP contribution is 1.80. The Morgan fingerprint density at radius 2 is 2.17 bits per heavy atom. The van der Waals surface area contributed by atoms with E-state index < -0.39 is 23.1 Å². The molecule has 98 valence electrons. The van der Waals surface area contributed by atoms with Gasteiger partial charge in [0.25, 0.3) is 5.56 Å². The quantitative estimate of drug-likeness (QED) is 0.604. The summed E-state index contributed by atoms with van der Waals surface area (Å²) in [6.45, 7) is 1.34. The number of nitrogens with one attached hydrogen (secondary N) is 2. The lowest BCUT2D eigenvalue weighted by Gasteiger charge is -2.06. The zero-order valence-electron chi connectivity index (χ0n) is 9.76. The third-order valence-corrected chi connectivity index (χ3v) is 1.95. The third-order valence-electron chi connectivity index (χ3n) is 1.95. The molecule has 8 nitrogen and oxygen atoms in total. The maximum Gasteiger partial charge on any atom is 0.328 e. The van der Waals surface area contributed by atoms with Crippen LogP contribution in [0.15, 0.2) is 21.9 Å². The van der Waals surface area contributed by atoms with Crippen LogP contribution in [0, 0.1) is 0 Å². The topological polar surface area (TPSA) is 110 Å². The molecule has 0 aliphatic carbocycles. The van der Waals surface area contributed by atoms with Crippen LogP contribution in [-0.4, -0.2) is 34.6 Å². The van der Waals surface area contributed by atoms with Gasteiger partial charge < -0.3 is 10.1 Å². The Kier molecular flexibility index (Phi) is 4.85. The largest absolute Gasteiger partial charge is 0.465 e. The molecule has 18 heavy (non-hydrogen) atoms. The van der Waals surface area contributed by atoms with E-state index in [1.54, 1.807) is 6.92 Å². The number of aromatic amines is 1. The van der Waals surface area contributed by atoms with E-state index in [1.165, 1.54) is 6.20 Å². The second-order valence-electron chi connectivity index (χ2n) is 3.32. The Morgan fingerprint density at radius 1 is 1.44 bits per heavy atom. The number of ether oxygens (including phenoxy) is 1. The van der Waals surface area contributed by atoms with Gasteiger partial charge in [-0.25, -0.2) is 4.79 Å². The predicted octanol–water partition coefficient (Wildman–Crippen LogP) is -1.78. The van der Waals surface area contributed by atoms with E-state index in [-0.39, 0.29) is 19.7 Å². The molecule has 0 atom stereocenters.